The largest absolute Gasteiger partial charge is 0.444 e. The van der Waals surface area contributed by atoms with Crippen molar-refractivity contribution in [2.24, 2.45) is 0 Å². The Kier molecular flexibility index (Phi) is 6.47. The van der Waals surface area contributed by atoms with Crippen LogP contribution in [-0.4, -0.2) is 24.8 Å². The number of carbonyl (C=O) groups excluding carboxylic acids is 1. The van der Waals surface area contributed by atoms with Gasteiger partial charge >= 0.3 is 6.09 Å². The maximum absolute atomic E-state index is 11.6. The number of thiophene rings is 2. The summed E-state index contributed by atoms with van der Waals surface area (Å²) in [5.41, 5.74) is -0.481. The van der Waals surface area contributed by atoms with Gasteiger partial charge < -0.3 is 15.4 Å². The minimum Gasteiger partial charge on any atom is -0.444 e. The zero-order valence-electron chi connectivity index (χ0n) is 13.4. The first-order valence-electron chi connectivity index (χ1n) is 7.34. The van der Waals surface area contributed by atoms with Crippen molar-refractivity contribution in [1.29, 1.82) is 0 Å². The van der Waals surface area contributed by atoms with Crippen LogP contribution in [0.1, 0.15) is 36.6 Å². The highest BCUT2D eigenvalue weighted by atomic mass is 35.5. The summed E-state index contributed by atoms with van der Waals surface area (Å²) in [6, 6.07) is 8.15. The van der Waals surface area contributed by atoms with E-state index in [1.54, 1.807) is 22.7 Å². The summed E-state index contributed by atoms with van der Waals surface area (Å²) >= 11 is 9.31. The number of alkyl carbamates (subject to hydrolysis) is 1. The summed E-state index contributed by atoms with van der Waals surface area (Å²) in [6.45, 7) is 6.67. The number of nitrogens with one attached hydrogen (secondary N) is 2. The molecule has 2 heterocycles. The molecule has 1 unspecified atom stereocenters. The summed E-state index contributed by atoms with van der Waals surface area (Å²) in [4.78, 5) is 14.0. The molecule has 4 nitrogen and oxygen atoms in total. The van der Waals surface area contributed by atoms with E-state index in [0.29, 0.717) is 13.1 Å². The fraction of sp³-hybridized carbons (Fsp3) is 0.438. The van der Waals surface area contributed by atoms with Gasteiger partial charge in [0.2, 0.25) is 0 Å². The molecule has 0 saturated heterocycles. The van der Waals surface area contributed by atoms with E-state index in [9.17, 15) is 4.79 Å². The molecule has 0 fully saturated rings. The van der Waals surface area contributed by atoms with Gasteiger partial charge in [0.15, 0.2) is 0 Å². The van der Waals surface area contributed by atoms with Crippen molar-refractivity contribution < 1.29 is 9.53 Å². The number of halogens is 1. The van der Waals surface area contributed by atoms with Crippen LogP contribution in [-0.2, 0) is 4.74 Å². The van der Waals surface area contributed by atoms with Crippen molar-refractivity contribution in [2.45, 2.75) is 32.4 Å². The molecule has 7 heteroatoms. The molecule has 1 atom stereocenters. The number of carbonyl (C=O) groups is 1. The van der Waals surface area contributed by atoms with Gasteiger partial charge in [-0.15, -0.1) is 22.7 Å². The minimum atomic E-state index is -0.481. The van der Waals surface area contributed by atoms with Gasteiger partial charge in [-0.2, -0.15) is 0 Å². The van der Waals surface area contributed by atoms with Crippen molar-refractivity contribution in [3.63, 3.8) is 0 Å². The molecule has 0 bridgehead atoms. The van der Waals surface area contributed by atoms with Crippen LogP contribution in [0.4, 0.5) is 4.79 Å². The predicted octanol–water partition coefficient (Wildman–Crippen LogP) is 4.67. The molecule has 0 aromatic carbocycles. The lowest BCUT2D eigenvalue weighted by Gasteiger charge is -2.20. The molecule has 2 aromatic heterocycles. The lowest BCUT2D eigenvalue weighted by molar-refractivity contribution is 0.0528. The monoisotopic (exact) mass is 372 g/mol. The first-order chi connectivity index (χ1) is 10.8. The Hall–Kier alpha value is -1.08. The van der Waals surface area contributed by atoms with Gasteiger partial charge in [-0.1, -0.05) is 17.7 Å². The summed E-state index contributed by atoms with van der Waals surface area (Å²) in [5.74, 6) is 0. The number of hydrogen-bond donors (Lipinski definition) is 2. The summed E-state index contributed by atoms with van der Waals surface area (Å²) < 4.78 is 5.99. The lowest BCUT2D eigenvalue weighted by atomic mass is 10.2. The van der Waals surface area contributed by atoms with E-state index in [-0.39, 0.29) is 6.04 Å². The molecule has 0 saturated carbocycles. The fourth-order valence-electron chi connectivity index (χ4n) is 1.98. The Balaban J connectivity index is 1.87. The molecule has 2 aromatic rings. The Morgan fingerprint density at radius 3 is 2.61 bits per heavy atom. The third-order valence-corrected chi connectivity index (χ3v) is 5.08. The van der Waals surface area contributed by atoms with Crippen molar-refractivity contribution in [1.82, 2.24) is 10.6 Å². The molecule has 0 aliphatic rings. The Morgan fingerprint density at radius 1 is 1.26 bits per heavy atom. The summed E-state index contributed by atoms with van der Waals surface area (Å²) in [6.07, 6.45) is -0.397. The highest BCUT2D eigenvalue weighted by Crippen LogP contribution is 2.32. The van der Waals surface area contributed by atoms with Crippen molar-refractivity contribution >= 4 is 40.4 Å². The number of ether oxygens (including phenoxy) is 1. The van der Waals surface area contributed by atoms with Crippen LogP contribution < -0.4 is 10.6 Å². The smallest absolute Gasteiger partial charge is 0.407 e. The van der Waals surface area contributed by atoms with E-state index in [2.05, 4.69) is 22.1 Å². The van der Waals surface area contributed by atoms with Gasteiger partial charge in [0, 0.05) is 22.8 Å². The second kappa shape index (κ2) is 8.15. The second-order valence-corrected chi connectivity index (χ2v) is 8.70. The third-order valence-electron chi connectivity index (χ3n) is 2.85. The average molecular weight is 373 g/mol. The van der Waals surface area contributed by atoms with E-state index < -0.39 is 11.7 Å². The fourth-order valence-corrected chi connectivity index (χ4v) is 4.02. The van der Waals surface area contributed by atoms with Crippen LogP contribution in [0.3, 0.4) is 0 Å². The van der Waals surface area contributed by atoms with E-state index in [0.717, 1.165) is 9.21 Å². The molecule has 23 heavy (non-hydrogen) atoms. The predicted molar refractivity (Wildman–Crippen MR) is 97.7 cm³/mol. The molecule has 1 amide bonds. The first kappa shape index (κ1) is 18.3. The van der Waals surface area contributed by atoms with E-state index in [4.69, 9.17) is 16.3 Å². The van der Waals surface area contributed by atoms with Gasteiger partial charge in [-0.05, 0) is 44.4 Å². The molecular formula is C16H21ClN2O2S2. The minimum absolute atomic E-state index is 0.0907. The molecular weight excluding hydrogens is 352 g/mol. The molecule has 0 spiro atoms. The van der Waals surface area contributed by atoms with Crippen LogP contribution in [0.15, 0.2) is 29.6 Å². The molecule has 0 aliphatic carbocycles. The number of rotatable bonds is 6. The average Bonchev–Trinajstić information content (AvgIpc) is 3.08. The van der Waals surface area contributed by atoms with Gasteiger partial charge in [0.25, 0.3) is 0 Å². The molecule has 126 valence electrons. The molecule has 2 rings (SSSR count). The van der Waals surface area contributed by atoms with Crippen LogP contribution in [0.25, 0.3) is 0 Å². The standard InChI is InChI=1S/C16H21ClN2O2S2/c1-16(2,3)21-15(20)19-9-8-18-14(11-5-4-10-22-11)12-6-7-13(17)23-12/h4-7,10,14,18H,8-9H2,1-3H3,(H,19,20). The Bertz CT molecular complexity index is 620. The van der Waals surface area contributed by atoms with E-state index in [1.165, 1.54) is 4.88 Å². The van der Waals surface area contributed by atoms with Crippen LogP contribution in [0.2, 0.25) is 4.34 Å². The van der Waals surface area contributed by atoms with Crippen LogP contribution in [0, 0.1) is 0 Å². The Morgan fingerprint density at radius 2 is 2.04 bits per heavy atom. The number of hydrogen-bond acceptors (Lipinski definition) is 5. The summed E-state index contributed by atoms with van der Waals surface area (Å²) in [5, 5.41) is 8.27. The van der Waals surface area contributed by atoms with E-state index >= 15 is 0 Å². The quantitative estimate of drug-likeness (QED) is 0.724. The topological polar surface area (TPSA) is 50.4 Å². The maximum atomic E-state index is 11.6. The van der Waals surface area contributed by atoms with Crippen molar-refractivity contribution in [3.8, 4) is 0 Å². The second-order valence-electron chi connectivity index (χ2n) is 5.97. The molecule has 0 aliphatic heterocycles. The Labute approximate surface area is 149 Å². The number of amides is 1. The highest BCUT2D eigenvalue weighted by molar-refractivity contribution is 7.16. The van der Waals surface area contributed by atoms with Crippen LogP contribution in [0.5, 0.6) is 0 Å². The molecule has 2 N–H and O–H groups in total. The van der Waals surface area contributed by atoms with Gasteiger partial charge in [0.05, 0.1) is 10.4 Å². The molecule has 0 radical (unpaired) electrons. The lowest BCUT2D eigenvalue weighted by Crippen LogP contribution is -2.37. The van der Waals surface area contributed by atoms with Crippen molar-refractivity contribution in [2.75, 3.05) is 13.1 Å². The summed E-state index contributed by atoms with van der Waals surface area (Å²) in [7, 11) is 0. The third kappa shape index (κ3) is 6.14. The first-order valence-corrected chi connectivity index (χ1v) is 9.41. The van der Waals surface area contributed by atoms with Gasteiger partial charge in [-0.25, -0.2) is 4.79 Å². The van der Waals surface area contributed by atoms with Gasteiger partial charge in [0.1, 0.15) is 5.60 Å². The normalized spacial score (nSPS) is 12.9. The zero-order chi connectivity index (χ0) is 16.9. The van der Waals surface area contributed by atoms with Crippen LogP contribution >= 0.6 is 34.3 Å². The van der Waals surface area contributed by atoms with Crippen molar-refractivity contribution in [3.05, 3.63) is 43.7 Å². The van der Waals surface area contributed by atoms with E-state index in [1.807, 2.05) is 39.0 Å². The van der Waals surface area contributed by atoms with Gasteiger partial charge in [-0.3, -0.25) is 0 Å². The maximum Gasteiger partial charge on any atom is 0.407 e. The highest BCUT2D eigenvalue weighted by Gasteiger charge is 2.18. The SMILES string of the molecule is CC(C)(C)OC(=O)NCCNC(c1cccs1)c1ccc(Cl)s1. The zero-order valence-corrected chi connectivity index (χ0v) is 15.8.